The average Bonchev–Trinajstić information content (AvgIpc) is 2.77. The number of hydrogen-bond donors (Lipinski definition) is 5. The quantitative estimate of drug-likeness (QED) is 0.430. The first kappa shape index (κ1) is 15.7. The Balaban J connectivity index is 2.12. The van der Waals surface area contributed by atoms with Gasteiger partial charge in [0.25, 0.3) is 0 Å². The van der Waals surface area contributed by atoms with E-state index >= 15 is 0 Å². The fourth-order valence-corrected chi connectivity index (χ4v) is 3.99. The predicted molar refractivity (Wildman–Crippen MR) is 69.4 cm³/mol. The normalized spacial score (nSPS) is 43.5. The van der Waals surface area contributed by atoms with Crippen molar-refractivity contribution in [2.24, 2.45) is 23.5 Å². The molecule has 0 saturated heterocycles. The molecule has 0 bridgehead atoms. The topological polar surface area (TPSA) is 124 Å². The highest BCUT2D eigenvalue weighted by Gasteiger charge is 2.61. The maximum Gasteiger partial charge on any atom is 0.451 e. The second kappa shape index (κ2) is 5.59. The lowest BCUT2D eigenvalue weighted by Gasteiger charge is -2.30. The van der Waals surface area contributed by atoms with E-state index in [1.165, 1.54) is 0 Å². The number of fused-ring (bicyclic) bond motifs is 1. The van der Waals surface area contributed by atoms with E-state index in [0.717, 1.165) is 0 Å². The number of aliphatic hydroxyl groups excluding tert-OH is 1. The first-order valence-corrected chi connectivity index (χ1v) is 6.98. The highest BCUT2D eigenvalue weighted by molar-refractivity contribution is 6.40. The van der Waals surface area contributed by atoms with Crippen LogP contribution in [-0.4, -0.2) is 51.2 Å². The van der Waals surface area contributed by atoms with Crippen LogP contribution in [0.2, 0.25) is 6.32 Å². The summed E-state index contributed by atoms with van der Waals surface area (Å²) in [5, 5.41) is 36.6. The molecule has 2 fully saturated rings. The fraction of sp³-hybridized carbons (Fsp3) is 0.917. The summed E-state index contributed by atoms with van der Waals surface area (Å²) in [5.74, 6) is -2.37. The van der Waals surface area contributed by atoms with Gasteiger partial charge in [-0.15, -0.1) is 0 Å². The largest absolute Gasteiger partial charge is 0.480 e. The molecule has 8 heteroatoms. The summed E-state index contributed by atoms with van der Waals surface area (Å²) < 4.78 is 13.9. The molecule has 2 rings (SSSR count). The van der Waals surface area contributed by atoms with Crippen molar-refractivity contribution in [3.8, 4) is 0 Å². The Morgan fingerprint density at radius 1 is 1.40 bits per heavy atom. The Bertz CT molecular complexity index is 385. The zero-order chi connectivity index (χ0) is 15.1. The molecule has 0 heterocycles. The van der Waals surface area contributed by atoms with E-state index in [1.807, 2.05) is 0 Å². The van der Waals surface area contributed by atoms with Crippen molar-refractivity contribution < 1.29 is 29.4 Å². The van der Waals surface area contributed by atoms with Crippen molar-refractivity contribution in [1.82, 2.24) is 0 Å². The van der Waals surface area contributed by atoms with E-state index in [-0.39, 0.29) is 25.1 Å². The Kier molecular flexibility index (Phi) is 4.39. The number of alkyl halides is 1. The maximum atomic E-state index is 13.9. The summed E-state index contributed by atoms with van der Waals surface area (Å²) in [6, 6.07) is 0. The van der Waals surface area contributed by atoms with Crippen LogP contribution in [0.3, 0.4) is 0 Å². The van der Waals surface area contributed by atoms with Crippen LogP contribution in [0.4, 0.5) is 4.39 Å². The minimum Gasteiger partial charge on any atom is -0.480 e. The molecule has 6 N–H and O–H groups in total. The van der Waals surface area contributed by atoms with Crippen LogP contribution in [-0.2, 0) is 4.79 Å². The number of rotatable bonds is 5. The smallest absolute Gasteiger partial charge is 0.451 e. The molecule has 6 unspecified atom stereocenters. The van der Waals surface area contributed by atoms with Crippen LogP contribution in [0.25, 0.3) is 0 Å². The van der Waals surface area contributed by atoms with Gasteiger partial charge in [0.15, 0.2) is 0 Å². The molecular weight excluding hydrogens is 268 g/mol. The van der Waals surface area contributed by atoms with Gasteiger partial charge in [0, 0.05) is 0 Å². The second-order valence-corrected chi connectivity index (χ2v) is 6.14. The van der Waals surface area contributed by atoms with Gasteiger partial charge in [-0.3, -0.25) is 4.79 Å². The van der Waals surface area contributed by atoms with Gasteiger partial charge < -0.3 is 26.0 Å². The number of hydrogen-bond acceptors (Lipinski definition) is 5. The number of carboxylic acid groups (broad SMARTS) is 1. The van der Waals surface area contributed by atoms with Crippen LogP contribution in [0.1, 0.15) is 25.7 Å². The number of carboxylic acids is 1. The Morgan fingerprint density at radius 2 is 2.05 bits per heavy atom. The molecule has 2 aliphatic carbocycles. The molecule has 2 aliphatic rings. The van der Waals surface area contributed by atoms with Crippen LogP contribution >= 0.6 is 0 Å². The standard InChI is InChI=1S/C12H21BFNO5/c14-10-7-5-12(15,11(17)18)8(2-1-3-13(19)20)6(7)4-9(10)16/h6-10,16,19-20H,1-5,15H2,(H,17,18). The van der Waals surface area contributed by atoms with Gasteiger partial charge in [-0.05, 0) is 43.3 Å². The zero-order valence-electron chi connectivity index (χ0n) is 11.2. The number of aliphatic carboxylic acids is 1. The molecule has 0 amide bonds. The highest BCUT2D eigenvalue weighted by Crippen LogP contribution is 2.54. The monoisotopic (exact) mass is 289 g/mol. The van der Waals surface area contributed by atoms with Crippen LogP contribution in [0.5, 0.6) is 0 Å². The molecule has 0 radical (unpaired) electrons. The first-order chi connectivity index (χ1) is 9.27. The molecule has 0 aromatic rings. The third-order valence-electron chi connectivity index (χ3n) is 4.97. The maximum absolute atomic E-state index is 13.9. The Hall–Kier alpha value is -0.695. The van der Waals surface area contributed by atoms with Crippen molar-refractivity contribution >= 4 is 13.1 Å². The molecule has 0 aromatic carbocycles. The molecule has 0 aromatic heterocycles. The fourth-order valence-electron chi connectivity index (χ4n) is 3.99. The summed E-state index contributed by atoms with van der Waals surface area (Å²) in [6.07, 6.45) is -1.29. The van der Waals surface area contributed by atoms with Gasteiger partial charge in [0.2, 0.25) is 0 Å². The van der Waals surface area contributed by atoms with Crippen molar-refractivity contribution in [2.75, 3.05) is 0 Å². The van der Waals surface area contributed by atoms with Gasteiger partial charge in [0.1, 0.15) is 11.7 Å². The lowest BCUT2D eigenvalue weighted by molar-refractivity contribution is -0.145. The SMILES string of the molecule is NC1(C(=O)O)CC2C(F)C(O)CC2C1CCCB(O)O. The summed E-state index contributed by atoms with van der Waals surface area (Å²) >= 11 is 0. The van der Waals surface area contributed by atoms with Gasteiger partial charge in [-0.2, -0.15) is 0 Å². The van der Waals surface area contributed by atoms with Gasteiger partial charge >= 0.3 is 13.1 Å². The Morgan fingerprint density at radius 3 is 2.60 bits per heavy atom. The summed E-state index contributed by atoms with van der Waals surface area (Å²) in [5.41, 5.74) is 4.50. The molecule has 0 aliphatic heterocycles. The minimum atomic E-state index is -1.49. The van der Waals surface area contributed by atoms with Crippen molar-refractivity contribution in [1.29, 1.82) is 0 Å². The van der Waals surface area contributed by atoms with Crippen LogP contribution in [0.15, 0.2) is 0 Å². The average molecular weight is 289 g/mol. The van der Waals surface area contributed by atoms with Gasteiger partial charge in [-0.25, -0.2) is 4.39 Å². The van der Waals surface area contributed by atoms with Crippen LogP contribution in [0, 0.1) is 17.8 Å². The number of aliphatic hydroxyl groups is 1. The van der Waals surface area contributed by atoms with E-state index in [4.69, 9.17) is 15.8 Å². The predicted octanol–water partition coefficient (Wildman–Crippen LogP) is -0.624. The van der Waals surface area contributed by atoms with E-state index < -0.39 is 42.7 Å². The third kappa shape index (κ3) is 2.57. The number of nitrogens with two attached hydrogens (primary N) is 1. The van der Waals surface area contributed by atoms with Crippen molar-refractivity contribution in [3.05, 3.63) is 0 Å². The van der Waals surface area contributed by atoms with Crippen LogP contribution < -0.4 is 5.73 Å². The molecule has 6 nitrogen and oxygen atoms in total. The van der Waals surface area contributed by atoms with E-state index in [2.05, 4.69) is 0 Å². The molecule has 20 heavy (non-hydrogen) atoms. The second-order valence-electron chi connectivity index (χ2n) is 6.14. The molecular formula is C12H21BFNO5. The van der Waals surface area contributed by atoms with E-state index in [0.29, 0.717) is 12.8 Å². The minimum absolute atomic E-state index is 0.0254. The molecule has 2 saturated carbocycles. The summed E-state index contributed by atoms with van der Waals surface area (Å²) in [6.45, 7) is 0. The summed E-state index contributed by atoms with van der Waals surface area (Å²) in [7, 11) is -1.44. The lowest BCUT2D eigenvalue weighted by Crippen LogP contribution is -2.52. The highest BCUT2D eigenvalue weighted by atomic mass is 19.1. The lowest BCUT2D eigenvalue weighted by atomic mass is 9.75. The Labute approximate surface area is 116 Å². The third-order valence-corrected chi connectivity index (χ3v) is 4.97. The molecule has 6 atom stereocenters. The van der Waals surface area contributed by atoms with Gasteiger partial charge in [0.05, 0.1) is 6.10 Å². The van der Waals surface area contributed by atoms with Crippen molar-refractivity contribution in [2.45, 2.75) is 49.8 Å². The first-order valence-electron chi connectivity index (χ1n) is 6.98. The van der Waals surface area contributed by atoms with E-state index in [1.54, 1.807) is 0 Å². The molecule has 114 valence electrons. The molecule has 0 spiro atoms. The zero-order valence-corrected chi connectivity index (χ0v) is 11.2. The number of carbonyl (C=O) groups is 1. The number of halogens is 1. The van der Waals surface area contributed by atoms with E-state index in [9.17, 15) is 19.4 Å². The summed E-state index contributed by atoms with van der Waals surface area (Å²) in [4.78, 5) is 11.4. The van der Waals surface area contributed by atoms with Crippen molar-refractivity contribution in [3.63, 3.8) is 0 Å². The van der Waals surface area contributed by atoms with Gasteiger partial charge in [-0.1, -0.05) is 6.42 Å².